The largest absolute Gasteiger partial charge is 0.461 e. The number of nitrogens with zero attached hydrogens (tertiary/aromatic N) is 3. The fourth-order valence-electron chi connectivity index (χ4n) is 7.47. The van der Waals surface area contributed by atoms with Gasteiger partial charge < -0.3 is 10.1 Å². The third-order valence-electron chi connectivity index (χ3n) is 10.1. The molecule has 1 aromatic rings. The van der Waals surface area contributed by atoms with E-state index in [1.807, 2.05) is 58.0 Å². The molecule has 2 fully saturated rings. The molecule has 0 unspecified atom stereocenters. The van der Waals surface area contributed by atoms with Crippen LogP contribution in [0.2, 0.25) is 0 Å². The number of carbonyl (C=O) groups excluding carboxylic acids is 4. The third-order valence-corrected chi connectivity index (χ3v) is 10.2. The number of esters is 1. The fraction of sp³-hybridized carbons (Fsp3) is 0.722. The summed E-state index contributed by atoms with van der Waals surface area (Å²) >= 11 is 4.55. The van der Waals surface area contributed by atoms with Crippen LogP contribution < -0.4 is 5.32 Å². The molecular formula is C36H56ClN5O5. The molecule has 0 spiro atoms. The van der Waals surface area contributed by atoms with Crippen LogP contribution in [0, 0.1) is 47.0 Å². The van der Waals surface area contributed by atoms with Gasteiger partial charge in [0.15, 0.2) is 0 Å². The summed E-state index contributed by atoms with van der Waals surface area (Å²) < 4.78 is 8.31. The van der Waals surface area contributed by atoms with Gasteiger partial charge in [0.2, 0.25) is 5.91 Å². The van der Waals surface area contributed by atoms with E-state index in [9.17, 15) is 19.2 Å². The van der Waals surface area contributed by atoms with Crippen molar-refractivity contribution in [3.63, 3.8) is 0 Å². The maximum atomic E-state index is 13.6. The van der Waals surface area contributed by atoms with Gasteiger partial charge in [-0.05, 0) is 72.3 Å². The number of Topliss-reactive ketones (excluding diaryl/α,β-unsaturated/α-hetero) is 2. The van der Waals surface area contributed by atoms with Crippen molar-refractivity contribution < 1.29 is 23.9 Å². The van der Waals surface area contributed by atoms with E-state index >= 15 is 0 Å². The average Bonchev–Trinajstić information content (AvgIpc) is 3.07. The molecule has 0 saturated heterocycles. The van der Waals surface area contributed by atoms with E-state index in [-0.39, 0.29) is 72.2 Å². The highest BCUT2D eigenvalue weighted by Crippen LogP contribution is 2.40. The molecule has 11 heteroatoms. The first-order chi connectivity index (χ1) is 22.6. The zero-order valence-corrected chi connectivity index (χ0v) is 29.7. The van der Waals surface area contributed by atoms with E-state index in [2.05, 4.69) is 39.1 Å². The molecule has 2 saturated carbocycles. The Morgan fingerprint density at radius 3 is 2.09 bits per heavy atom. The Kier molecular flexibility index (Phi) is 18.6. The predicted octanol–water partition coefficient (Wildman–Crippen LogP) is 9.01. The molecule has 0 bridgehead atoms. The van der Waals surface area contributed by atoms with Crippen LogP contribution in [-0.2, 0) is 30.5 Å². The van der Waals surface area contributed by atoms with Crippen LogP contribution in [0.1, 0.15) is 117 Å². The Hall–Kier alpha value is -3.01. The molecule has 0 radical (unpaired) electrons. The van der Waals surface area contributed by atoms with Crippen molar-refractivity contribution in [3.05, 3.63) is 35.9 Å². The average molecular weight is 674 g/mol. The quantitative estimate of drug-likeness (QED) is 0.102. The van der Waals surface area contributed by atoms with Crippen molar-refractivity contribution >= 4 is 35.2 Å². The van der Waals surface area contributed by atoms with Crippen molar-refractivity contribution in [2.24, 2.45) is 56.5 Å². The van der Waals surface area contributed by atoms with Crippen LogP contribution in [0.15, 0.2) is 45.4 Å². The summed E-state index contributed by atoms with van der Waals surface area (Å²) in [6, 6.07) is 9.61. The summed E-state index contributed by atoms with van der Waals surface area (Å²) in [6.45, 7) is 10.1. The first-order valence-electron chi connectivity index (χ1n) is 17.5. The van der Waals surface area contributed by atoms with E-state index in [0.717, 1.165) is 63.4 Å². The number of amides is 1. The zero-order chi connectivity index (χ0) is 34.8. The minimum absolute atomic E-state index is 0.0220. The van der Waals surface area contributed by atoms with Crippen LogP contribution in [-0.4, -0.2) is 29.5 Å². The lowest BCUT2D eigenvalue weighted by molar-refractivity contribution is -0.153. The van der Waals surface area contributed by atoms with Gasteiger partial charge in [-0.15, -0.1) is 0 Å². The standard InChI is InChI=1S/C36H55NO5.ClHN4/c1-6-28(30-18-12-11-17-27(30)22-33(38)24(3)4)34(39)21-25(5)35(40)37-32-20-14-13-19-31(32)29(7-2)36(41)42-23-26-15-9-8-10-16-26;1-3-5-4-2/h8-10,15-16,24-25,27-32H,6-7,11-14,17-23H2,1-5H3,(H,37,40);2H/t25-,27-,28+,29+,30-,31+,32+;/m0./s1. The summed E-state index contributed by atoms with van der Waals surface area (Å²) in [5, 5.41) is 8.34. The molecule has 262 valence electrons. The number of benzene rings is 1. The number of carbonyl (C=O) groups is 4. The SMILES string of the molecule is CC[C@@H](C(=O)C[C@H](C)C(=O)N[C@@H]1CCCC[C@@H]1[C@@H](CC)C(=O)OCc1ccccc1)[C@H]1CCCC[C@H]1CC(=O)C(C)C.N=NN=NCl. The highest BCUT2D eigenvalue weighted by molar-refractivity contribution is 6.13. The predicted molar refractivity (Wildman–Crippen MR) is 182 cm³/mol. The molecule has 0 aromatic heterocycles. The van der Waals surface area contributed by atoms with Gasteiger partial charge in [-0.1, -0.05) is 95.3 Å². The van der Waals surface area contributed by atoms with E-state index < -0.39 is 5.92 Å². The molecule has 1 amide bonds. The highest BCUT2D eigenvalue weighted by atomic mass is 35.5. The molecule has 47 heavy (non-hydrogen) atoms. The number of rotatable bonds is 16. The van der Waals surface area contributed by atoms with Crippen molar-refractivity contribution in [2.45, 2.75) is 124 Å². The van der Waals surface area contributed by atoms with Gasteiger partial charge in [0.05, 0.1) is 17.7 Å². The topological polar surface area (TPSA) is 150 Å². The second kappa shape index (κ2) is 21.8. The highest BCUT2D eigenvalue weighted by Gasteiger charge is 2.39. The van der Waals surface area contributed by atoms with E-state index in [4.69, 9.17) is 10.3 Å². The smallest absolute Gasteiger partial charge is 0.309 e. The van der Waals surface area contributed by atoms with Crippen LogP contribution in [0.4, 0.5) is 0 Å². The van der Waals surface area contributed by atoms with Crippen LogP contribution in [0.3, 0.4) is 0 Å². The molecule has 2 aliphatic carbocycles. The summed E-state index contributed by atoms with van der Waals surface area (Å²) in [7, 11) is 0. The molecule has 0 aliphatic heterocycles. The molecule has 0 heterocycles. The maximum Gasteiger partial charge on any atom is 0.309 e. The van der Waals surface area contributed by atoms with Crippen LogP contribution in [0.25, 0.3) is 0 Å². The number of hydrogen-bond donors (Lipinski definition) is 2. The number of ether oxygens (including phenoxy) is 1. The van der Waals surface area contributed by atoms with Crippen molar-refractivity contribution in [3.8, 4) is 0 Å². The Balaban J connectivity index is 0.00000142. The van der Waals surface area contributed by atoms with Gasteiger partial charge in [0, 0.05) is 36.6 Å². The number of ketones is 2. The normalized spacial score (nSPS) is 23.1. The van der Waals surface area contributed by atoms with Crippen molar-refractivity contribution in [1.29, 1.82) is 5.53 Å². The summed E-state index contributed by atoms with van der Waals surface area (Å²) in [6.07, 6.45) is 10.2. The summed E-state index contributed by atoms with van der Waals surface area (Å²) in [4.78, 5) is 52.8. The molecule has 2 N–H and O–H groups in total. The summed E-state index contributed by atoms with van der Waals surface area (Å²) in [5.41, 5.74) is 6.84. The number of halogens is 1. The molecule has 3 rings (SSSR count). The Labute approximate surface area is 286 Å². The van der Waals surface area contributed by atoms with Gasteiger partial charge in [-0.25, -0.2) is 0 Å². The number of hydrogen-bond acceptors (Lipinski definition) is 7. The van der Waals surface area contributed by atoms with Crippen molar-refractivity contribution in [2.75, 3.05) is 0 Å². The zero-order valence-electron chi connectivity index (χ0n) is 29.0. The van der Waals surface area contributed by atoms with Gasteiger partial charge in [0.1, 0.15) is 18.2 Å². The minimum atomic E-state index is -0.432. The maximum absolute atomic E-state index is 13.6. The van der Waals surface area contributed by atoms with Gasteiger partial charge >= 0.3 is 5.97 Å². The second-order valence-corrected chi connectivity index (χ2v) is 13.7. The van der Waals surface area contributed by atoms with Crippen LogP contribution in [0.5, 0.6) is 0 Å². The first-order valence-corrected chi connectivity index (χ1v) is 17.9. The van der Waals surface area contributed by atoms with E-state index in [0.29, 0.717) is 18.6 Å². The van der Waals surface area contributed by atoms with E-state index in [1.54, 1.807) is 0 Å². The van der Waals surface area contributed by atoms with Crippen LogP contribution >= 0.6 is 11.8 Å². The first kappa shape index (κ1) is 40.2. The molecular weight excluding hydrogens is 618 g/mol. The molecule has 7 atom stereocenters. The Morgan fingerprint density at radius 2 is 1.51 bits per heavy atom. The fourth-order valence-corrected chi connectivity index (χ4v) is 7.50. The van der Waals surface area contributed by atoms with Crippen molar-refractivity contribution in [1.82, 2.24) is 5.32 Å². The lowest BCUT2D eigenvalue weighted by Crippen LogP contribution is -2.48. The molecule has 2 aliphatic rings. The Morgan fingerprint density at radius 1 is 0.894 bits per heavy atom. The Bertz CT molecular complexity index is 1160. The lowest BCUT2D eigenvalue weighted by Gasteiger charge is -2.37. The third kappa shape index (κ3) is 13.2. The minimum Gasteiger partial charge on any atom is -0.461 e. The molecule has 10 nitrogen and oxygen atoms in total. The lowest BCUT2D eigenvalue weighted by atomic mass is 9.67. The van der Waals surface area contributed by atoms with E-state index in [1.165, 1.54) is 0 Å². The second-order valence-electron chi connectivity index (χ2n) is 13.6. The summed E-state index contributed by atoms with van der Waals surface area (Å²) in [5.74, 6) is -0.0995. The molecule has 1 aromatic carbocycles. The van der Waals surface area contributed by atoms with Gasteiger partial charge in [0.25, 0.3) is 0 Å². The van der Waals surface area contributed by atoms with Gasteiger partial charge in [-0.2, -0.15) is 5.53 Å². The van der Waals surface area contributed by atoms with Gasteiger partial charge in [-0.3, -0.25) is 19.2 Å². The monoisotopic (exact) mass is 673 g/mol. The number of nitrogens with one attached hydrogen (secondary N) is 2.